The van der Waals surface area contributed by atoms with Crippen LogP contribution in [0.15, 0.2) is 18.3 Å². The highest BCUT2D eigenvalue weighted by Gasteiger charge is 2.04. The molecular formula is C9H9ClIN3OS. The van der Waals surface area contributed by atoms with Crippen molar-refractivity contribution in [2.45, 2.75) is 6.73 Å². The molecule has 0 unspecified atom stereocenters. The SMILES string of the molecule is Clc1ccc2cnn(COCCSI)c2n1. The summed E-state index contributed by atoms with van der Waals surface area (Å²) in [4.78, 5) is 4.21. The van der Waals surface area contributed by atoms with Gasteiger partial charge in [-0.3, -0.25) is 0 Å². The second-order valence-corrected chi connectivity index (χ2v) is 5.92. The molecule has 0 saturated heterocycles. The third kappa shape index (κ3) is 2.99. The number of rotatable bonds is 5. The Balaban J connectivity index is 2.09. The zero-order valence-corrected chi connectivity index (χ0v) is 12.0. The Morgan fingerprint density at radius 2 is 2.38 bits per heavy atom. The summed E-state index contributed by atoms with van der Waals surface area (Å²) in [5.41, 5.74) is 0.759. The highest BCUT2D eigenvalue weighted by Crippen LogP contribution is 2.15. The third-order valence-electron chi connectivity index (χ3n) is 1.97. The summed E-state index contributed by atoms with van der Waals surface area (Å²) in [6, 6.07) is 3.65. The van der Waals surface area contributed by atoms with Crippen LogP contribution < -0.4 is 0 Å². The minimum atomic E-state index is 0.411. The van der Waals surface area contributed by atoms with Crippen molar-refractivity contribution in [1.29, 1.82) is 0 Å². The summed E-state index contributed by atoms with van der Waals surface area (Å²) < 4.78 is 7.17. The van der Waals surface area contributed by atoms with Crippen molar-refractivity contribution in [1.82, 2.24) is 14.8 Å². The van der Waals surface area contributed by atoms with E-state index in [0.29, 0.717) is 18.5 Å². The summed E-state index contributed by atoms with van der Waals surface area (Å²) in [6.07, 6.45) is 1.76. The maximum atomic E-state index is 5.83. The minimum Gasteiger partial charge on any atom is -0.358 e. The molecule has 0 aromatic carbocycles. The molecule has 2 rings (SSSR count). The van der Waals surface area contributed by atoms with E-state index in [0.717, 1.165) is 16.8 Å². The first kappa shape index (κ1) is 12.4. The zero-order chi connectivity index (χ0) is 11.4. The lowest BCUT2D eigenvalue weighted by atomic mass is 10.4. The maximum Gasteiger partial charge on any atom is 0.161 e. The zero-order valence-electron chi connectivity index (χ0n) is 8.27. The molecule has 0 N–H and O–H groups in total. The van der Waals surface area contributed by atoms with Gasteiger partial charge in [0.1, 0.15) is 11.9 Å². The Morgan fingerprint density at radius 1 is 1.50 bits per heavy atom. The van der Waals surface area contributed by atoms with Gasteiger partial charge in [0, 0.05) is 11.1 Å². The van der Waals surface area contributed by atoms with Crippen LogP contribution in [0, 0.1) is 0 Å². The molecule has 0 fully saturated rings. The molecule has 7 heteroatoms. The second-order valence-electron chi connectivity index (χ2n) is 3.04. The number of fused-ring (bicyclic) bond motifs is 1. The van der Waals surface area contributed by atoms with Crippen molar-refractivity contribution in [3.05, 3.63) is 23.5 Å². The van der Waals surface area contributed by atoms with E-state index in [-0.39, 0.29) is 0 Å². The van der Waals surface area contributed by atoms with E-state index in [1.165, 1.54) is 0 Å². The summed E-state index contributed by atoms with van der Waals surface area (Å²) in [6.45, 7) is 1.11. The van der Waals surface area contributed by atoms with Gasteiger partial charge >= 0.3 is 0 Å². The first-order chi connectivity index (χ1) is 7.81. The Bertz CT molecular complexity index is 479. The van der Waals surface area contributed by atoms with Gasteiger partial charge in [-0.2, -0.15) is 5.10 Å². The molecule has 0 radical (unpaired) electrons. The third-order valence-corrected chi connectivity index (χ3v) is 3.82. The van der Waals surface area contributed by atoms with Crippen LogP contribution in [0.3, 0.4) is 0 Å². The fourth-order valence-electron chi connectivity index (χ4n) is 1.27. The Kier molecular flexibility index (Phi) is 4.68. The van der Waals surface area contributed by atoms with E-state index in [4.69, 9.17) is 16.3 Å². The predicted molar refractivity (Wildman–Crippen MR) is 75.0 cm³/mol. The van der Waals surface area contributed by atoms with E-state index in [1.807, 2.05) is 6.07 Å². The molecule has 0 bridgehead atoms. The van der Waals surface area contributed by atoms with Gasteiger partial charge in [0.2, 0.25) is 0 Å². The molecule has 0 aliphatic rings. The van der Waals surface area contributed by atoms with Crippen molar-refractivity contribution >= 4 is 52.8 Å². The van der Waals surface area contributed by atoms with Gasteiger partial charge in [0.15, 0.2) is 5.65 Å². The van der Waals surface area contributed by atoms with Crippen molar-refractivity contribution in [3.8, 4) is 0 Å². The van der Waals surface area contributed by atoms with Gasteiger partial charge in [-0.15, -0.1) is 0 Å². The lowest BCUT2D eigenvalue weighted by Crippen LogP contribution is -2.06. The molecule has 0 aliphatic heterocycles. The molecule has 4 nitrogen and oxygen atoms in total. The number of nitrogens with zero attached hydrogens (tertiary/aromatic N) is 3. The summed E-state index contributed by atoms with van der Waals surface area (Å²) >= 11 is 8.08. The Labute approximate surface area is 114 Å². The van der Waals surface area contributed by atoms with Crippen LogP contribution in [-0.2, 0) is 11.5 Å². The Morgan fingerprint density at radius 3 is 3.19 bits per heavy atom. The van der Waals surface area contributed by atoms with Crippen LogP contribution in [0.2, 0.25) is 5.15 Å². The number of halogens is 2. The number of ether oxygens (including phenoxy) is 1. The van der Waals surface area contributed by atoms with Crippen LogP contribution >= 0.6 is 41.7 Å². The normalized spacial score (nSPS) is 11.1. The molecule has 0 atom stereocenters. The average Bonchev–Trinajstić information content (AvgIpc) is 2.67. The lowest BCUT2D eigenvalue weighted by molar-refractivity contribution is 0.0840. The van der Waals surface area contributed by atoms with Crippen molar-refractivity contribution < 1.29 is 4.74 Å². The van der Waals surface area contributed by atoms with Crippen LogP contribution in [0.5, 0.6) is 0 Å². The topological polar surface area (TPSA) is 39.9 Å². The van der Waals surface area contributed by atoms with E-state index >= 15 is 0 Å². The monoisotopic (exact) mass is 369 g/mol. The number of hydrogen-bond acceptors (Lipinski definition) is 4. The van der Waals surface area contributed by atoms with E-state index < -0.39 is 0 Å². The first-order valence-corrected chi connectivity index (χ1v) is 8.51. The van der Waals surface area contributed by atoms with Gasteiger partial charge < -0.3 is 4.74 Å². The second kappa shape index (κ2) is 6.04. The fraction of sp³-hybridized carbons (Fsp3) is 0.333. The molecule has 2 heterocycles. The van der Waals surface area contributed by atoms with Crippen molar-refractivity contribution in [3.63, 3.8) is 0 Å². The lowest BCUT2D eigenvalue weighted by Gasteiger charge is -2.03. The first-order valence-electron chi connectivity index (χ1n) is 4.60. The number of aromatic nitrogens is 3. The van der Waals surface area contributed by atoms with Gasteiger partial charge in [-0.1, -0.05) is 20.5 Å². The van der Waals surface area contributed by atoms with Gasteiger partial charge in [-0.05, 0) is 33.3 Å². The van der Waals surface area contributed by atoms with E-state index in [2.05, 4.69) is 31.3 Å². The molecule has 0 amide bonds. The molecule has 16 heavy (non-hydrogen) atoms. The fourth-order valence-corrected chi connectivity index (χ4v) is 2.13. The highest BCUT2D eigenvalue weighted by atomic mass is 127. The molecule has 86 valence electrons. The van der Waals surface area contributed by atoms with Crippen LogP contribution in [0.4, 0.5) is 0 Å². The molecular weight excluding hydrogens is 361 g/mol. The van der Waals surface area contributed by atoms with E-state index in [9.17, 15) is 0 Å². The Hall–Kier alpha value is -0.0500. The smallest absolute Gasteiger partial charge is 0.161 e. The highest BCUT2D eigenvalue weighted by molar-refractivity contribution is 14.2. The molecule has 0 spiro atoms. The van der Waals surface area contributed by atoms with Crippen LogP contribution in [0.25, 0.3) is 11.0 Å². The molecule has 2 aromatic heterocycles. The van der Waals surface area contributed by atoms with Crippen molar-refractivity contribution in [2.24, 2.45) is 0 Å². The average molecular weight is 370 g/mol. The van der Waals surface area contributed by atoms with Crippen molar-refractivity contribution in [2.75, 3.05) is 12.4 Å². The van der Waals surface area contributed by atoms with Gasteiger partial charge in [-0.25, -0.2) is 9.67 Å². The number of hydrogen-bond donors (Lipinski definition) is 0. The predicted octanol–water partition coefficient (Wildman–Crippen LogP) is 3.14. The molecule has 0 saturated carbocycles. The standard InChI is InChI=1S/C9H9ClIN3OS/c10-8-2-1-7-5-12-14(9(7)13-8)6-15-3-4-16-11/h1-2,5H,3-4,6H2. The minimum absolute atomic E-state index is 0.411. The van der Waals surface area contributed by atoms with Gasteiger partial charge in [0.05, 0.1) is 12.8 Å². The van der Waals surface area contributed by atoms with Crippen LogP contribution in [-0.4, -0.2) is 27.1 Å². The molecule has 0 aliphatic carbocycles. The number of pyridine rings is 1. The summed E-state index contributed by atoms with van der Waals surface area (Å²) in [5, 5.41) is 5.63. The van der Waals surface area contributed by atoms with Gasteiger partial charge in [0.25, 0.3) is 0 Å². The maximum absolute atomic E-state index is 5.83. The molecule has 2 aromatic rings. The van der Waals surface area contributed by atoms with Crippen LogP contribution in [0.1, 0.15) is 0 Å². The van der Waals surface area contributed by atoms with E-state index in [1.54, 1.807) is 25.9 Å². The summed E-state index contributed by atoms with van der Waals surface area (Å²) in [5.74, 6) is 0.966. The quantitative estimate of drug-likeness (QED) is 0.461. The summed E-state index contributed by atoms with van der Waals surface area (Å²) in [7, 11) is 1.72. The largest absolute Gasteiger partial charge is 0.358 e.